The summed E-state index contributed by atoms with van der Waals surface area (Å²) in [7, 11) is 0. The third kappa shape index (κ3) is 4.91. The van der Waals surface area contributed by atoms with Gasteiger partial charge in [0.15, 0.2) is 0 Å². The topological polar surface area (TPSA) is 44.2 Å². The van der Waals surface area contributed by atoms with Crippen LogP contribution in [0.5, 0.6) is 0 Å². The number of hydrogen-bond acceptors (Lipinski definition) is 4. The van der Waals surface area contributed by atoms with E-state index >= 15 is 0 Å². The van der Waals surface area contributed by atoms with E-state index in [1.165, 1.54) is 0 Å². The summed E-state index contributed by atoms with van der Waals surface area (Å²) < 4.78 is 10.9. The Morgan fingerprint density at radius 3 is 1.68 bits per heavy atom. The molecule has 0 saturated carbocycles. The summed E-state index contributed by atoms with van der Waals surface area (Å²) in [6.07, 6.45) is 7.00. The van der Waals surface area contributed by atoms with Gasteiger partial charge in [0.25, 0.3) is 0 Å². The molecule has 0 spiro atoms. The highest BCUT2D eigenvalue weighted by Gasteiger charge is 2.04. The van der Waals surface area contributed by atoms with Crippen molar-refractivity contribution in [2.75, 3.05) is 13.2 Å². The number of rotatable bonds is 9. The van der Waals surface area contributed by atoms with E-state index in [9.17, 15) is 0 Å². The van der Waals surface area contributed by atoms with Crippen molar-refractivity contribution in [3.8, 4) is 11.4 Å². The third-order valence-electron chi connectivity index (χ3n) is 2.92. The first-order chi connectivity index (χ1) is 10.8. The fraction of sp³-hybridized carbons (Fsp3) is 0.222. The van der Waals surface area contributed by atoms with Gasteiger partial charge in [0.05, 0.1) is 37.8 Å². The largest absolute Gasteiger partial charge is 0.373 e. The normalized spacial score (nSPS) is 10.4. The van der Waals surface area contributed by atoms with Crippen molar-refractivity contribution in [3.05, 3.63) is 73.1 Å². The quantitative estimate of drug-likeness (QED) is 0.524. The molecule has 2 heterocycles. The molecule has 2 aromatic heterocycles. The summed E-state index contributed by atoms with van der Waals surface area (Å²) in [4.78, 5) is 8.76. The minimum absolute atomic E-state index is 0.531. The van der Waals surface area contributed by atoms with Crippen molar-refractivity contribution in [2.45, 2.75) is 13.2 Å². The van der Waals surface area contributed by atoms with Crippen molar-refractivity contribution in [2.24, 2.45) is 0 Å². The smallest absolute Gasteiger partial charge is 0.0889 e. The summed E-state index contributed by atoms with van der Waals surface area (Å²) in [5, 5.41) is 0. The second kappa shape index (κ2) is 8.87. The number of nitrogens with zero attached hydrogens (tertiary/aromatic N) is 2. The molecule has 0 fully saturated rings. The molecule has 0 atom stereocenters. The van der Waals surface area contributed by atoms with Crippen LogP contribution in [0.2, 0.25) is 0 Å². The van der Waals surface area contributed by atoms with Crippen LogP contribution >= 0.6 is 0 Å². The molecule has 2 aromatic rings. The molecule has 4 heteroatoms. The van der Waals surface area contributed by atoms with Crippen LogP contribution in [0, 0.1) is 0 Å². The molecule has 0 radical (unpaired) electrons. The monoisotopic (exact) mass is 296 g/mol. The zero-order chi connectivity index (χ0) is 15.6. The van der Waals surface area contributed by atoms with Crippen LogP contribution in [0.25, 0.3) is 11.4 Å². The van der Waals surface area contributed by atoms with Crippen LogP contribution in [-0.4, -0.2) is 23.2 Å². The molecule has 0 aliphatic heterocycles. The van der Waals surface area contributed by atoms with Gasteiger partial charge < -0.3 is 9.47 Å². The standard InChI is InChI=1S/C18H20N2O2/c1-3-9-21-13-15-5-7-19-17(11-15)18-12-16(6-8-20-18)14-22-10-4-2/h3-8,11-12H,1-2,9-10,13-14H2. The van der Waals surface area contributed by atoms with Crippen LogP contribution in [-0.2, 0) is 22.7 Å². The van der Waals surface area contributed by atoms with Crippen molar-refractivity contribution >= 4 is 0 Å². The average molecular weight is 296 g/mol. The van der Waals surface area contributed by atoms with Gasteiger partial charge in [0.2, 0.25) is 0 Å². The maximum atomic E-state index is 5.45. The summed E-state index contributed by atoms with van der Waals surface area (Å²) in [6.45, 7) is 9.39. The minimum Gasteiger partial charge on any atom is -0.373 e. The summed E-state index contributed by atoms with van der Waals surface area (Å²) in [6, 6.07) is 7.84. The van der Waals surface area contributed by atoms with Gasteiger partial charge in [-0.2, -0.15) is 0 Å². The Morgan fingerprint density at radius 1 is 0.818 bits per heavy atom. The lowest BCUT2D eigenvalue weighted by atomic mass is 10.1. The molecule has 0 amide bonds. The molecule has 0 aromatic carbocycles. The van der Waals surface area contributed by atoms with E-state index in [-0.39, 0.29) is 0 Å². The molecule has 114 valence electrons. The Balaban J connectivity index is 2.10. The second-order valence-electron chi connectivity index (χ2n) is 4.71. The van der Waals surface area contributed by atoms with Gasteiger partial charge in [0.1, 0.15) is 0 Å². The minimum atomic E-state index is 0.531. The van der Waals surface area contributed by atoms with Crippen LogP contribution in [0.1, 0.15) is 11.1 Å². The van der Waals surface area contributed by atoms with Crippen molar-refractivity contribution in [3.63, 3.8) is 0 Å². The Kier molecular flexibility index (Phi) is 6.48. The zero-order valence-corrected chi connectivity index (χ0v) is 12.6. The molecule has 0 aliphatic carbocycles. The Bertz CT molecular complexity index is 570. The van der Waals surface area contributed by atoms with Crippen LogP contribution in [0.4, 0.5) is 0 Å². The Labute approximate surface area is 131 Å². The van der Waals surface area contributed by atoms with E-state index in [0.29, 0.717) is 26.4 Å². The summed E-state index contributed by atoms with van der Waals surface area (Å²) in [5.41, 5.74) is 3.76. The lowest BCUT2D eigenvalue weighted by Gasteiger charge is -2.06. The van der Waals surface area contributed by atoms with Crippen molar-refractivity contribution in [1.82, 2.24) is 9.97 Å². The van der Waals surface area contributed by atoms with E-state index in [4.69, 9.17) is 9.47 Å². The molecular weight excluding hydrogens is 276 g/mol. The van der Waals surface area contributed by atoms with E-state index in [1.54, 1.807) is 24.5 Å². The molecule has 0 N–H and O–H groups in total. The van der Waals surface area contributed by atoms with Gasteiger partial charge in [0, 0.05) is 12.4 Å². The van der Waals surface area contributed by atoms with Crippen molar-refractivity contribution in [1.29, 1.82) is 0 Å². The molecule has 0 bridgehead atoms. The summed E-state index contributed by atoms with van der Waals surface area (Å²) in [5.74, 6) is 0. The lowest BCUT2D eigenvalue weighted by molar-refractivity contribution is 0.148. The Morgan fingerprint density at radius 2 is 1.27 bits per heavy atom. The molecule has 0 unspecified atom stereocenters. The van der Waals surface area contributed by atoms with Gasteiger partial charge in [-0.15, -0.1) is 13.2 Å². The Hall–Kier alpha value is -2.30. The van der Waals surface area contributed by atoms with Crippen LogP contribution < -0.4 is 0 Å². The summed E-state index contributed by atoms with van der Waals surface area (Å²) >= 11 is 0. The lowest BCUT2D eigenvalue weighted by Crippen LogP contribution is -1.97. The zero-order valence-electron chi connectivity index (χ0n) is 12.6. The van der Waals surface area contributed by atoms with Gasteiger partial charge in [-0.25, -0.2) is 0 Å². The van der Waals surface area contributed by atoms with Gasteiger partial charge in [-0.1, -0.05) is 12.2 Å². The maximum Gasteiger partial charge on any atom is 0.0889 e. The van der Waals surface area contributed by atoms with E-state index in [2.05, 4.69) is 23.1 Å². The molecule has 0 aliphatic rings. The van der Waals surface area contributed by atoms with E-state index in [1.807, 2.05) is 24.3 Å². The second-order valence-corrected chi connectivity index (χ2v) is 4.71. The van der Waals surface area contributed by atoms with E-state index < -0.39 is 0 Å². The maximum absolute atomic E-state index is 5.45. The molecular formula is C18H20N2O2. The fourth-order valence-electron chi connectivity index (χ4n) is 1.93. The first kappa shape index (κ1) is 16.1. The van der Waals surface area contributed by atoms with Gasteiger partial charge in [-0.3, -0.25) is 9.97 Å². The number of hydrogen-bond donors (Lipinski definition) is 0. The van der Waals surface area contributed by atoms with E-state index in [0.717, 1.165) is 22.5 Å². The number of aromatic nitrogens is 2. The number of pyridine rings is 2. The molecule has 0 saturated heterocycles. The SMILES string of the molecule is C=CCOCc1ccnc(-c2cc(COCC=C)ccn2)c1. The van der Waals surface area contributed by atoms with Gasteiger partial charge in [-0.05, 0) is 35.4 Å². The first-order valence-corrected chi connectivity index (χ1v) is 7.11. The van der Waals surface area contributed by atoms with Crippen molar-refractivity contribution < 1.29 is 9.47 Å². The number of ether oxygens (including phenoxy) is 2. The molecule has 4 nitrogen and oxygen atoms in total. The highest BCUT2D eigenvalue weighted by Crippen LogP contribution is 2.17. The van der Waals surface area contributed by atoms with Crippen LogP contribution in [0.15, 0.2) is 62.0 Å². The van der Waals surface area contributed by atoms with Crippen LogP contribution in [0.3, 0.4) is 0 Å². The first-order valence-electron chi connectivity index (χ1n) is 7.11. The predicted octanol–water partition coefficient (Wildman–Crippen LogP) is 3.55. The molecule has 2 rings (SSSR count). The van der Waals surface area contributed by atoms with Gasteiger partial charge >= 0.3 is 0 Å². The highest BCUT2D eigenvalue weighted by molar-refractivity contribution is 5.55. The average Bonchev–Trinajstić information content (AvgIpc) is 2.56. The predicted molar refractivity (Wildman–Crippen MR) is 87.2 cm³/mol. The molecule has 22 heavy (non-hydrogen) atoms. The highest BCUT2D eigenvalue weighted by atomic mass is 16.5. The third-order valence-corrected chi connectivity index (χ3v) is 2.92. The fourth-order valence-corrected chi connectivity index (χ4v) is 1.93.